The molecule has 0 saturated carbocycles. The zero-order valence-corrected chi connectivity index (χ0v) is 11.1. The highest BCUT2D eigenvalue weighted by Gasteiger charge is 2.18. The highest BCUT2D eigenvalue weighted by atomic mass is 32.2. The third kappa shape index (κ3) is 4.46. The predicted molar refractivity (Wildman–Crippen MR) is 66.5 cm³/mol. The Balaban J connectivity index is 2.85. The molecule has 6 nitrogen and oxygen atoms in total. The molecule has 0 saturated heterocycles. The van der Waals surface area contributed by atoms with Gasteiger partial charge in [0.1, 0.15) is 6.61 Å². The molecular formula is C12H14O6S. The molecule has 7 heteroatoms. The normalized spacial score (nSPS) is 11.2. The molecule has 104 valence electrons. The number of aromatic carboxylic acids is 1. The summed E-state index contributed by atoms with van der Waals surface area (Å²) in [6, 6.07) is 4.77. The van der Waals surface area contributed by atoms with Crippen molar-refractivity contribution in [2.24, 2.45) is 0 Å². The second-order valence-corrected chi connectivity index (χ2v) is 5.45. The smallest absolute Gasteiger partial charge is 0.335 e. The van der Waals surface area contributed by atoms with Gasteiger partial charge in [-0.15, -0.1) is 0 Å². The van der Waals surface area contributed by atoms with E-state index in [1.807, 2.05) is 0 Å². The maximum Gasteiger partial charge on any atom is 0.335 e. The molecule has 0 aliphatic rings. The number of rotatable bonds is 7. The Kier molecular flexibility index (Phi) is 5.20. The molecule has 1 rings (SSSR count). The molecule has 1 aromatic rings. The van der Waals surface area contributed by atoms with Crippen molar-refractivity contribution < 1.29 is 27.3 Å². The van der Waals surface area contributed by atoms with Crippen LogP contribution in [0.3, 0.4) is 0 Å². The van der Waals surface area contributed by atoms with Gasteiger partial charge in [0.25, 0.3) is 10.1 Å². The maximum atomic E-state index is 11.7. The standard InChI is InChI=1S/C12H14O6S/c1-2-4-10(13)8-18-19(16,17)11-6-3-5-9(7-11)12(14)15/h3,5-7H,2,4,8H2,1H3,(H,14,15). The molecule has 0 spiro atoms. The zero-order valence-electron chi connectivity index (χ0n) is 10.3. The van der Waals surface area contributed by atoms with Gasteiger partial charge in [-0.1, -0.05) is 13.0 Å². The summed E-state index contributed by atoms with van der Waals surface area (Å²) in [5.74, 6) is -1.56. The number of hydrogen-bond donors (Lipinski definition) is 1. The third-order valence-corrected chi connectivity index (χ3v) is 3.53. The van der Waals surface area contributed by atoms with Crippen molar-refractivity contribution >= 4 is 21.9 Å². The number of hydrogen-bond acceptors (Lipinski definition) is 5. The molecular weight excluding hydrogens is 272 g/mol. The third-order valence-electron chi connectivity index (χ3n) is 2.27. The lowest BCUT2D eigenvalue weighted by molar-refractivity contribution is -0.121. The van der Waals surface area contributed by atoms with E-state index in [0.717, 1.165) is 6.07 Å². The highest BCUT2D eigenvalue weighted by Crippen LogP contribution is 2.14. The Morgan fingerprint density at radius 1 is 1.32 bits per heavy atom. The van der Waals surface area contributed by atoms with Gasteiger partial charge in [0.15, 0.2) is 5.78 Å². The molecule has 0 radical (unpaired) electrons. The SMILES string of the molecule is CCCC(=O)COS(=O)(=O)c1cccc(C(=O)O)c1. The van der Waals surface area contributed by atoms with E-state index in [-0.39, 0.29) is 22.7 Å². The maximum absolute atomic E-state index is 11.7. The van der Waals surface area contributed by atoms with E-state index in [9.17, 15) is 18.0 Å². The van der Waals surface area contributed by atoms with Crippen molar-refractivity contribution in [2.75, 3.05) is 6.61 Å². The summed E-state index contributed by atoms with van der Waals surface area (Å²) in [6.07, 6.45) is 0.849. The molecule has 0 atom stereocenters. The number of ketones is 1. The van der Waals surface area contributed by atoms with Gasteiger partial charge < -0.3 is 5.11 Å². The first-order valence-corrected chi connectivity index (χ1v) is 7.02. The van der Waals surface area contributed by atoms with E-state index in [2.05, 4.69) is 4.18 Å². The summed E-state index contributed by atoms with van der Waals surface area (Å²) in [4.78, 5) is 21.7. The van der Waals surface area contributed by atoms with Crippen LogP contribution in [0.2, 0.25) is 0 Å². The van der Waals surface area contributed by atoms with Crippen LogP contribution in [0.25, 0.3) is 0 Å². The van der Waals surface area contributed by atoms with Gasteiger partial charge in [-0.25, -0.2) is 4.79 Å². The van der Waals surface area contributed by atoms with Gasteiger partial charge in [-0.05, 0) is 24.6 Å². The summed E-state index contributed by atoms with van der Waals surface area (Å²) >= 11 is 0. The van der Waals surface area contributed by atoms with Gasteiger partial charge in [0.2, 0.25) is 0 Å². The molecule has 0 amide bonds. The van der Waals surface area contributed by atoms with Crippen LogP contribution in [0.5, 0.6) is 0 Å². The summed E-state index contributed by atoms with van der Waals surface area (Å²) in [7, 11) is -4.11. The van der Waals surface area contributed by atoms with E-state index in [1.165, 1.54) is 18.2 Å². The average molecular weight is 286 g/mol. The fraction of sp³-hybridized carbons (Fsp3) is 0.333. The predicted octanol–water partition coefficient (Wildman–Crippen LogP) is 1.46. The number of carbonyl (C=O) groups excluding carboxylic acids is 1. The van der Waals surface area contributed by atoms with Gasteiger partial charge in [0.05, 0.1) is 10.5 Å². The summed E-state index contributed by atoms with van der Waals surface area (Å²) in [5, 5.41) is 8.77. The lowest BCUT2D eigenvalue weighted by Gasteiger charge is -2.05. The zero-order chi connectivity index (χ0) is 14.5. The fourth-order valence-electron chi connectivity index (χ4n) is 1.35. The number of benzene rings is 1. The van der Waals surface area contributed by atoms with E-state index in [0.29, 0.717) is 6.42 Å². The topological polar surface area (TPSA) is 97.7 Å². The first kappa shape index (κ1) is 15.3. The lowest BCUT2D eigenvalue weighted by Crippen LogP contribution is -2.14. The van der Waals surface area contributed by atoms with Gasteiger partial charge in [0, 0.05) is 6.42 Å². The summed E-state index contributed by atoms with van der Waals surface area (Å²) in [5.41, 5.74) is -0.162. The molecule has 0 aliphatic carbocycles. The summed E-state index contributed by atoms with van der Waals surface area (Å²) < 4.78 is 28.1. The minimum absolute atomic E-state index is 0.162. The Morgan fingerprint density at radius 3 is 2.58 bits per heavy atom. The lowest BCUT2D eigenvalue weighted by atomic mass is 10.2. The Labute approximate surface area is 111 Å². The van der Waals surface area contributed by atoms with Crippen LogP contribution in [0.1, 0.15) is 30.1 Å². The van der Waals surface area contributed by atoms with Crippen molar-refractivity contribution in [1.29, 1.82) is 0 Å². The van der Waals surface area contributed by atoms with E-state index in [4.69, 9.17) is 5.11 Å². The molecule has 0 unspecified atom stereocenters. The quantitative estimate of drug-likeness (QED) is 0.762. The Hall–Kier alpha value is -1.73. The van der Waals surface area contributed by atoms with E-state index >= 15 is 0 Å². The monoisotopic (exact) mass is 286 g/mol. The minimum Gasteiger partial charge on any atom is -0.478 e. The first-order chi connectivity index (χ1) is 8.86. The molecule has 0 aliphatic heterocycles. The number of carboxylic acid groups (broad SMARTS) is 1. The van der Waals surface area contributed by atoms with Crippen LogP contribution in [-0.2, 0) is 19.1 Å². The molecule has 0 bridgehead atoms. The van der Waals surface area contributed by atoms with Crippen molar-refractivity contribution in [2.45, 2.75) is 24.7 Å². The van der Waals surface area contributed by atoms with Crippen LogP contribution >= 0.6 is 0 Å². The van der Waals surface area contributed by atoms with Crippen LogP contribution in [0, 0.1) is 0 Å². The minimum atomic E-state index is -4.11. The highest BCUT2D eigenvalue weighted by molar-refractivity contribution is 7.86. The molecule has 1 N–H and O–H groups in total. The molecule has 1 aromatic carbocycles. The number of carboxylic acids is 1. The van der Waals surface area contributed by atoms with E-state index in [1.54, 1.807) is 6.92 Å². The van der Waals surface area contributed by atoms with Gasteiger partial charge in [-0.2, -0.15) is 8.42 Å². The first-order valence-electron chi connectivity index (χ1n) is 5.61. The molecule has 19 heavy (non-hydrogen) atoms. The fourth-order valence-corrected chi connectivity index (χ4v) is 2.29. The second-order valence-electron chi connectivity index (χ2n) is 3.84. The number of carbonyl (C=O) groups is 2. The van der Waals surface area contributed by atoms with Crippen LogP contribution in [0.15, 0.2) is 29.2 Å². The largest absolute Gasteiger partial charge is 0.478 e. The molecule has 0 aromatic heterocycles. The van der Waals surface area contributed by atoms with Crippen molar-refractivity contribution in [3.8, 4) is 0 Å². The Bertz CT molecular complexity index is 576. The second kappa shape index (κ2) is 6.44. The van der Waals surface area contributed by atoms with Crippen LogP contribution in [-0.4, -0.2) is 31.9 Å². The molecule has 0 fully saturated rings. The van der Waals surface area contributed by atoms with Crippen molar-refractivity contribution in [3.05, 3.63) is 29.8 Å². The van der Waals surface area contributed by atoms with Crippen LogP contribution < -0.4 is 0 Å². The van der Waals surface area contributed by atoms with Crippen molar-refractivity contribution in [1.82, 2.24) is 0 Å². The van der Waals surface area contributed by atoms with E-state index < -0.39 is 22.7 Å². The van der Waals surface area contributed by atoms with Crippen LogP contribution in [0.4, 0.5) is 0 Å². The Morgan fingerprint density at radius 2 is 2.00 bits per heavy atom. The van der Waals surface area contributed by atoms with Gasteiger partial charge in [-0.3, -0.25) is 8.98 Å². The summed E-state index contributed by atoms with van der Waals surface area (Å²) in [6.45, 7) is 1.26. The molecule has 0 heterocycles. The van der Waals surface area contributed by atoms with Crippen molar-refractivity contribution in [3.63, 3.8) is 0 Å². The number of Topliss-reactive ketones (excluding diaryl/α,β-unsaturated/α-hetero) is 1. The average Bonchev–Trinajstić information content (AvgIpc) is 2.37. The van der Waals surface area contributed by atoms with Gasteiger partial charge >= 0.3 is 5.97 Å².